The Balaban J connectivity index is 1.47. The molecule has 2 aromatic rings. The van der Waals surface area contributed by atoms with Gasteiger partial charge in [0.25, 0.3) is 0 Å². The van der Waals surface area contributed by atoms with Crippen molar-refractivity contribution in [1.82, 2.24) is 9.80 Å². The van der Waals surface area contributed by atoms with E-state index in [-0.39, 0.29) is 83.6 Å². The zero-order valence-corrected chi connectivity index (χ0v) is 37.7. The summed E-state index contributed by atoms with van der Waals surface area (Å²) in [5.41, 5.74) is 3.01. The predicted octanol–water partition coefficient (Wildman–Crippen LogP) is 6.48. The lowest BCUT2D eigenvalue weighted by Crippen LogP contribution is -2.70. The van der Waals surface area contributed by atoms with Crippen LogP contribution < -0.4 is 9.47 Å². The van der Waals surface area contributed by atoms with E-state index in [1.165, 1.54) is 0 Å². The molecule has 6 atom stereocenters. The van der Waals surface area contributed by atoms with E-state index in [0.717, 1.165) is 67.8 Å². The molecule has 2 fully saturated rings. The van der Waals surface area contributed by atoms with Crippen molar-refractivity contribution >= 4 is 11.8 Å². The van der Waals surface area contributed by atoms with Crippen molar-refractivity contribution in [3.63, 3.8) is 0 Å². The van der Waals surface area contributed by atoms with Gasteiger partial charge < -0.3 is 48.6 Å². The molecule has 4 aliphatic rings. The highest BCUT2D eigenvalue weighted by Crippen LogP contribution is 2.62. The molecule has 0 spiro atoms. The van der Waals surface area contributed by atoms with E-state index in [4.69, 9.17) is 38.4 Å². The number of rotatable bonds is 27. The van der Waals surface area contributed by atoms with Crippen molar-refractivity contribution in [2.45, 2.75) is 95.7 Å². The highest BCUT2D eigenvalue weighted by molar-refractivity contribution is 6.03. The molecular formula is C49H71N3O11. The van der Waals surface area contributed by atoms with Crippen molar-refractivity contribution in [2.75, 3.05) is 85.6 Å². The summed E-state index contributed by atoms with van der Waals surface area (Å²) in [5.74, 6) is -0.632. The Hall–Kier alpha value is -4.02. The number of amides is 1. The molecule has 2 heterocycles. The number of benzene rings is 2. The van der Waals surface area contributed by atoms with Gasteiger partial charge in [0.05, 0.1) is 51.3 Å². The molecule has 2 aliphatic heterocycles. The number of allylic oxidation sites excluding steroid dienone is 1. The SMILES string of the molecule is C=CCOC12Oc3ccc(OCCN4CC4)cc3C3C(CCCCO)C(CCCCO)C=C(C(=NOC(C)(C)C)CC1N(CCOCCO)C(=O)OCCOCc1ccccc1)C32. The number of carbonyl (C=O) groups excluding carboxylic acids is 1. The first kappa shape index (κ1) is 48.4. The number of fused-ring (bicyclic) bond motifs is 2. The van der Waals surface area contributed by atoms with Crippen LogP contribution in [0.1, 0.15) is 82.8 Å². The summed E-state index contributed by atoms with van der Waals surface area (Å²) in [6.45, 7) is 14.5. The largest absolute Gasteiger partial charge is 0.492 e. The fraction of sp³-hybridized carbons (Fsp3) is 0.633. The average Bonchev–Trinajstić information content (AvgIpc) is 4.11. The molecule has 1 saturated carbocycles. The van der Waals surface area contributed by atoms with Crippen LogP contribution in [0.4, 0.5) is 4.79 Å². The predicted molar refractivity (Wildman–Crippen MR) is 240 cm³/mol. The van der Waals surface area contributed by atoms with Gasteiger partial charge in [-0.3, -0.25) is 9.80 Å². The van der Waals surface area contributed by atoms with E-state index < -0.39 is 29.4 Å². The molecule has 1 amide bonds. The quantitative estimate of drug-likeness (QED) is 0.0389. The number of carbonyl (C=O) groups is 1. The van der Waals surface area contributed by atoms with Gasteiger partial charge >= 0.3 is 6.09 Å². The van der Waals surface area contributed by atoms with Crippen molar-refractivity contribution < 1.29 is 53.4 Å². The second-order valence-corrected chi connectivity index (χ2v) is 17.8. The average molecular weight is 878 g/mol. The van der Waals surface area contributed by atoms with E-state index >= 15 is 0 Å². The molecule has 14 nitrogen and oxygen atoms in total. The highest BCUT2D eigenvalue weighted by atomic mass is 16.7. The number of oxime groups is 1. The maximum absolute atomic E-state index is 14.6. The minimum Gasteiger partial charge on any atom is -0.492 e. The van der Waals surface area contributed by atoms with Gasteiger partial charge in [0, 0.05) is 57.3 Å². The summed E-state index contributed by atoms with van der Waals surface area (Å²) < 4.78 is 38.5. The molecule has 14 heteroatoms. The lowest BCUT2D eigenvalue weighted by Gasteiger charge is -2.60. The standard InChI is InChI=1S/C49H71N3O11/c1-5-26-61-49-44(52(22-27-57-29-25-55)47(56)60-31-30-58-35-36-13-7-6-8-14-36)34-42(50-63-48(2,3)4)40-32-37(15-9-11-23-53)39(16-10-12-24-54)45(46(40)49)41-33-38(17-18-43(41)62-49)59-28-21-51-19-20-51/h5-8,13-14,17-18,32-33,37,39,44-46,53-55H,1,9-12,15-16,19-31,34-35H2,2-4H3. The second kappa shape index (κ2) is 23.8. The van der Waals surface area contributed by atoms with Crippen LogP contribution in [0.15, 0.2) is 78.0 Å². The second-order valence-electron chi connectivity index (χ2n) is 17.8. The molecule has 348 valence electrons. The maximum Gasteiger partial charge on any atom is 0.410 e. The zero-order chi connectivity index (χ0) is 44.7. The van der Waals surface area contributed by atoms with Gasteiger partial charge in [-0.05, 0) is 87.6 Å². The number of aliphatic hydroxyl groups excluding tert-OH is 3. The number of ether oxygens (including phenoxy) is 6. The smallest absolute Gasteiger partial charge is 0.410 e. The first-order valence-electron chi connectivity index (χ1n) is 23.0. The van der Waals surface area contributed by atoms with Gasteiger partial charge in [0.2, 0.25) is 5.79 Å². The summed E-state index contributed by atoms with van der Waals surface area (Å²) in [4.78, 5) is 24.8. The van der Waals surface area contributed by atoms with Crippen LogP contribution in [0.5, 0.6) is 11.5 Å². The minimum atomic E-state index is -1.47. The molecule has 2 aromatic carbocycles. The molecule has 0 bridgehead atoms. The number of unbranched alkanes of at least 4 members (excludes halogenated alkanes) is 2. The van der Waals surface area contributed by atoms with Gasteiger partial charge in [0.1, 0.15) is 36.4 Å². The van der Waals surface area contributed by atoms with Crippen LogP contribution in [0.3, 0.4) is 0 Å². The first-order valence-corrected chi connectivity index (χ1v) is 23.0. The van der Waals surface area contributed by atoms with Crippen molar-refractivity contribution in [3.8, 4) is 11.5 Å². The third-order valence-corrected chi connectivity index (χ3v) is 12.2. The summed E-state index contributed by atoms with van der Waals surface area (Å²) >= 11 is 0. The summed E-state index contributed by atoms with van der Waals surface area (Å²) in [6.07, 6.45) is 8.24. The maximum atomic E-state index is 14.6. The molecule has 6 rings (SSSR count). The lowest BCUT2D eigenvalue weighted by molar-refractivity contribution is -0.256. The molecule has 1 saturated heterocycles. The normalized spacial score (nSPS) is 24.4. The fourth-order valence-electron chi connectivity index (χ4n) is 9.26. The van der Waals surface area contributed by atoms with Gasteiger partial charge in [0.15, 0.2) is 0 Å². The minimum absolute atomic E-state index is 0.00483. The number of hydrogen-bond donors (Lipinski definition) is 3. The molecule has 6 unspecified atom stereocenters. The van der Waals surface area contributed by atoms with Crippen LogP contribution in [0, 0.1) is 17.8 Å². The third kappa shape index (κ3) is 13.1. The Morgan fingerprint density at radius 2 is 1.73 bits per heavy atom. The Morgan fingerprint density at radius 1 is 0.952 bits per heavy atom. The number of hydrogen-bond acceptors (Lipinski definition) is 13. The van der Waals surface area contributed by atoms with Gasteiger partial charge in [-0.25, -0.2) is 4.79 Å². The highest BCUT2D eigenvalue weighted by Gasteiger charge is 2.65. The van der Waals surface area contributed by atoms with E-state index in [0.29, 0.717) is 37.5 Å². The van der Waals surface area contributed by atoms with Crippen LogP contribution in [0.2, 0.25) is 0 Å². The molecule has 2 aliphatic carbocycles. The van der Waals surface area contributed by atoms with E-state index in [1.54, 1.807) is 11.0 Å². The van der Waals surface area contributed by atoms with E-state index in [1.807, 2.05) is 63.2 Å². The molecule has 0 aromatic heterocycles. The summed E-state index contributed by atoms with van der Waals surface area (Å²) in [5, 5.41) is 34.4. The lowest BCUT2D eigenvalue weighted by atomic mass is 9.55. The molecule has 63 heavy (non-hydrogen) atoms. The Bertz CT molecular complexity index is 1800. The van der Waals surface area contributed by atoms with Crippen LogP contribution in [-0.2, 0) is 30.4 Å². The van der Waals surface area contributed by atoms with Gasteiger partial charge in [-0.15, -0.1) is 6.58 Å². The first-order chi connectivity index (χ1) is 30.6. The molecule has 3 N–H and O–H groups in total. The zero-order valence-electron chi connectivity index (χ0n) is 37.7. The fourth-order valence-corrected chi connectivity index (χ4v) is 9.26. The Kier molecular flexibility index (Phi) is 18.3. The Morgan fingerprint density at radius 3 is 2.44 bits per heavy atom. The van der Waals surface area contributed by atoms with Crippen LogP contribution in [0.25, 0.3) is 0 Å². The number of nitrogens with zero attached hydrogens (tertiary/aromatic N) is 3. The van der Waals surface area contributed by atoms with Gasteiger partial charge in [-0.2, -0.15) is 0 Å². The van der Waals surface area contributed by atoms with E-state index in [9.17, 15) is 20.1 Å². The van der Waals surface area contributed by atoms with Gasteiger partial charge in [-0.1, -0.05) is 60.5 Å². The van der Waals surface area contributed by atoms with Crippen molar-refractivity contribution in [1.29, 1.82) is 0 Å². The van der Waals surface area contributed by atoms with Crippen molar-refractivity contribution in [2.24, 2.45) is 22.9 Å². The van der Waals surface area contributed by atoms with E-state index in [2.05, 4.69) is 23.6 Å². The molecule has 0 radical (unpaired) electrons. The van der Waals surface area contributed by atoms with Crippen LogP contribution in [-0.4, -0.2) is 140 Å². The third-order valence-electron chi connectivity index (χ3n) is 12.2. The topological polar surface area (TPSA) is 161 Å². The summed E-state index contributed by atoms with van der Waals surface area (Å²) in [7, 11) is 0. The van der Waals surface area contributed by atoms with Crippen LogP contribution >= 0.6 is 0 Å². The molecular weight excluding hydrogens is 807 g/mol. The summed E-state index contributed by atoms with van der Waals surface area (Å²) in [6, 6.07) is 15.0. The Labute approximate surface area is 373 Å². The van der Waals surface area contributed by atoms with Crippen molar-refractivity contribution in [3.05, 3.63) is 84.0 Å². The number of aliphatic hydroxyl groups is 3. The monoisotopic (exact) mass is 878 g/mol.